The quantitative estimate of drug-likeness (QED) is 0.840. The number of carbonyl (C=O) groups is 2. The molecule has 6 heteroatoms. The normalized spacial score (nSPS) is 17.1. The molecule has 142 valence electrons. The van der Waals surface area contributed by atoms with E-state index in [-0.39, 0.29) is 11.7 Å². The molecule has 2 aromatic carbocycles. The summed E-state index contributed by atoms with van der Waals surface area (Å²) in [5.41, 5.74) is 0.868. The lowest BCUT2D eigenvalue weighted by atomic mass is 9.73. The molecule has 0 aromatic heterocycles. The Balaban J connectivity index is 1.90. The molecular weight excluding hydrogens is 349 g/mol. The van der Waals surface area contributed by atoms with Crippen LogP contribution in [0.2, 0.25) is 0 Å². The number of carboxylic acid groups (broad SMARTS) is 1. The molecule has 0 saturated carbocycles. The third kappa shape index (κ3) is 4.01. The second kappa shape index (κ2) is 7.88. The molecule has 1 saturated heterocycles. The fourth-order valence-corrected chi connectivity index (χ4v) is 3.43. The zero-order valence-corrected chi connectivity index (χ0v) is 15.1. The lowest BCUT2D eigenvalue weighted by Gasteiger charge is -2.36. The minimum Gasteiger partial charge on any atom is -0.481 e. The van der Waals surface area contributed by atoms with Crippen LogP contribution in [0.3, 0.4) is 0 Å². The Hall–Kier alpha value is -2.73. The zero-order chi connectivity index (χ0) is 19.4. The molecule has 2 N–H and O–H groups in total. The number of halogens is 1. The number of hydrogen-bond acceptors (Lipinski definition) is 3. The predicted molar refractivity (Wildman–Crippen MR) is 99.3 cm³/mol. The van der Waals surface area contributed by atoms with Crippen LogP contribution < -0.4 is 5.32 Å². The molecule has 1 amide bonds. The molecule has 1 fully saturated rings. The highest BCUT2D eigenvalue weighted by Crippen LogP contribution is 2.36. The molecule has 0 aliphatic carbocycles. The number of rotatable bonds is 5. The Bertz CT molecular complexity index is 846. The Labute approximate surface area is 157 Å². The lowest BCUT2D eigenvalue weighted by molar-refractivity contribution is -0.138. The van der Waals surface area contributed by atoms with Crippen molar-refractivity contribution in [1.82, 2.24) is 0 Å². The van der Waals surface area contributed by atoms with Gasteiger partial charge in [-0.15, -0.1) is 0 Å². The summed E-state index contributed by atoms with van der Waals surface area (Å²) in [6.07, 6.45) is 0.904. The van der Waals surface area contributed by atoms with Crippen molar-refractivity contribution in [3.05, 3.63) is 65.5 Å². The molecule has 1 unspecified atom stereocenters. The van der Waals surface area contributed by atoms with Crippen LogP contribution in [0.25, 0.3) is 0 Å². The van der Waals surface area contributed by atoms with E-state index in [9.17, 15) is 19.1 Å². The van der Waals surface area contributed by atoms with Crippen LogP contribution in [-0.2, 0) is 19.7 Å². The number of ether oxygens (including phenoxy) is 1. The third-order valence-corrected chi connectivity index (χ3v) is 5.17. The van der Waals surface area contributed by atoms with Crippen LogP contribution in [0.4, 0.5) is 10.1 Å². The second-order valence-electron chi connectivity index (χ2n) is 6.84. The largest absolute Gasteiger partial charge is 0.481 e. The van der Waals surface area contributed by atoms with E-state index in [4.69, 9.17) is 4.74 Å². The summed E-state index contributed by atoms with van der Waals surface area (Å²) in [6.45, 7) is 2.43. The van der Waals surface area contributed by atoms with Gasteiger partial charge in [0.25, 0.3) is 0 Å². The number of anilines is 1. The topological polar surface area (TPSA) is 75.6 Å². The fourth-order valence-electron chi connectivity index (χ4n) is 3.43. The van der Waals surface area contributed by atoms with Gasteiger partial charge < -0.3 is 15.2 Å². The van der Waals surface area contributed by atoms with E-state index in [0.717, 1.165) is 0 Å². The molecular formula is C21H22FNO4. The van der Waals surface area contributed by atoms with Gasteiger partial charge in [-0.3, -0.25) is 9.59 Å². The first-order valence-corrected chi connectivity index (χ1v) is 8.90. The molecule has 5 nitrogen and oxygen atoms in total. The molecule has 3 rings (SSSR count). The Kier molecular flexibility index (Phi) is 5.56. The number of carboxylic acids is 1. The maximum atomic E-state index is 13.8. The summed E-state index contributed by atoms with van der Waals surface area (Å²) in [5.74, 6) is -2.23. The summed E-state index contributed by atoms with van der Waals surface area (Å²) < 4.78 is 19.2. The number of benzene rings is 2. The van der Waals surface area contributed by atoms with E-state index in [0.29, 0.717) is 42.9 Å². The average Bonchev–Trinajstić information content (AvgIpc) is 2.68. The summed E-state index contributed by atoms with van der Waals surface area (Å²) in [5, 5.41) is 12.1. The van der Waals surface area contributed by atoms with Gasteiger partial charge >= 0.3 is 5.97 Å². The van der Waals surface area contributed by atoms with Crippen LogP contribution in [0.15, 0.2) is 48.5 Å². The van der Waals surface area contributed by atoms with Gasteiger partial charge in [0.05, 0.1) is 11.3 Å². The highest BCUT2D eigenvalue weighted by atomic mass is 19.1. The van der Waals surface area contributed by atoms with Crippen LogP contribution >= 0.6 is 0 Å². The van der Waals surface area contributed by atoms with E-state index >= 15 is 0 Å². The maximum absolute atomic E-state index is 13.8. The van der Waals surface area contributed by atoms with Crippen molar-refractivity contribution in [3.63, 3.8) is 0 Å². The average molecular weight is 371 g/mol. The van der Waals surface area contributed by atoms with E-state index in [1.54, 1.807) is 43.3 Å². The molecule has 0 bridgehead atoms. The molecule has 27 heavy (non-hydrogen) atoms. The van der Waals surface area contributed by atoms with Gasteiger partial charge in [0.2, 0.25) is 5.91 Å². The summed E-state index contributed by atoms with van der Waals surface area (Å²) in [6, 6.07) is 12.9. The smallest absolute Gasteiger partial charge is 0.310 e. The van der Waals surface area contributed by atoms with Crippen molar-refractivity contribution in [3.8, 4) is 0 Å². The predicted octanol–water partition coefficient (Wildman–Crippen LogP) is 3.70. The Morgan fingerprint density at radius 3 is 2.52 bits per heavy atom. The lowest BCUT2D eigenvalue weighted by Crippen LogP contribution is -2.45. The molecule has 1 aliphatic rings. The van der Waals surface area contributed by atoms with Crippen molar-refractivity contribution in [1.29, 1.82) is 0 Å². The monoisotopic (exact) mass is 371 g/mol. The van der Waals surface area contributed by atoms with Gasteiger partial charge in [0.15, 0.2) is 0 Å². The Morgan fingerprint density at radius 1 is 1.15 bits per heavy atom. The van der Waals surface area contributed by atoms with Crippen LogP contribution in [0.5, 0.6) is 0 Å². The molecule has 0 spiro atoms. The van der Waals surface area contributed by atoms with Crippen molar-refractivity contribution in [2.75, 3.05) is 18.5 Å². The van der Waals surface area contributed by atoms with Gasteiger partial charge in [-0.25, -0.2) is 4.39 Å². The van der Waals surface area contributed by atoms with Gasteiger partial charge in [-0.2, -0.15) is 0 Å². The summed E-state index contributed by atoms with van der Waals surface area (Å²) in [7, 11) is 0. The summed E-state index contributed by atoms with van der Waals surface area (Å²) in [4.78, 5) is 24.4. The van der Waals surface area contributed by atoms with Crippen LogP contribution in [0.1, 0.15) is 36.8 Å². The van der Waals surface area contributed by atoms with Gasteiger partial charge in [0.1, 0.15) is 5.82 Å². The van der Waals surface area contributed by atoms with Crippen molar-refractivity contribution >= 4 is 17.6 Å². The number of hydrogen-bond donors (Lipinski definition) is 2. The number of amides is 1. The molecule has 2 aromatic rings. The molecule has 1 aliphatic heterocycles. The van der Waals surface area contributed by atoms with Crippen molar-refractivity contribution in [2.24, 2.45) is 0 Å². The highest BCUT2D eigenvalue weighted by molar-refractivity contribution is 5.99. The first kappa shape index (κ1) is 19.0. The standard InChI is InChI=1S/C21H22FNO4/c1-14(19(24)25)15-4-2-7-18(12-15)23-20(26)21(8-10-27-11-9-21)16-5-3-6-17(22)13-16/h2-7,12-14H,8-11H2,1H3,(H,23,26)(H,24,25). The number of carbonyl (C=O) groups excluding carboxylic acids is 1. The third-order valence-electron chi connectivity index (χ3n) is 5.17. The highest BCUT2D eigenvalue weighted by Gasteiger charge is 2.42. The molecule has 1 atom stereocenters. The summed E-state index contributed by atoms with van der Waals surface area (Å²) >= 11 is 0. The minimum atomic E-state index is -0.931. The zero-order valence-electron chi connectivity index (χ0n) is 15.1. The molecule has 1 heterocycles. The molecule has 0 radical (unpaired) electrons. The van der Waals surface area contributed by atoms with E-state index < -0.39 is 17.3 Å². The first-order chi connectivity index (χ1) is 12.9. The van der Waals surface area contributed by atoms with E-state index in [2.05, 4.69) is 5.32 Å². The van der Waals surface area contributed by atoms with Crippen molar-refractivity contribution in [2.45, 2.75) is 31.1 Å². The SMILES string of the molecule is CC(C(=O)O)c1cccc(NC(=O)C2(c3cccc(F)c3)CCOCC2)c1. The number of aliphatic carboxylic acids is 1. The van der Waals surface area contributed by atoms with Gasteiger partial charge in [-0.1, -0.05) is 24.3 Å². The van der Waals surface area contributed by atoms with Gasteiger partial charge in [-0.05, 0) is 55.2 Å². The maximum Gasteiger partial charge on any atom is 0.310 e. The van der Waals surface area contributed by atoms with Crippen LogP contribution in [-0.4, -0.2) is 30.2 Å². The fraction of sp³-hybridized carbons (Fsp3) is 0.333. The number of nitrogens with one attached hydrogen (secondary N) is 1. The second-order valence-corrected chi connectivity index (χ2v) is 6.84. The van der Waals surface area contributed by atoms with E-state index in [1.807, 2.05) is 0 Å². The van der Waals surface area contributed by atoms with Crippen molar-refractivity contribution < 1.29 is 23.8 Å². The van der Waals surface area contributed by atoms with Crippen LogP contribution in [0, 0.1) is 5.82 Å². The minimum absolute atomic E-state index is 0.239. The van der Waals surface area contributed by atoms with Gasteiger partial charge in [0, 0.05) is 18.9 Å². The Morgan fingerprint density at radius 2 is 1.85 bits per heavy atom. The van der Waals surface area contributed by atoms with E-state index in [1.165, 1.54) is 12.1 Å². The first-order valence-electron chi connectivity index (χ1n) is 8.90.